The summed E-state index contributed by atoms with van der Waals surface area (Å²) in [7, 11) is 0. The summed E-state index contributed by atoms with van der Waals surface area (Å²) in [5, 5.41) is 0. The van der Waals surface area contributed by atoms with Gasteiger partial charge in [-0.2, -0.15) is 0 Å². The molecule has 0 atom stereocenters. The first-order valence-corrected chi connectivity index (χ1v) is 7.40. The zero-order valence-electron chi connectivity index (χ0n) is 13.4. The van der Waals surface area contributed by atoms with Gasteiger partial charge in [0.05, 0.1) is 19.3 Å². The highest BCUT2D eigenvalue weighted by Crippen LogP contribution is 2.32. The molecular formula is C15H28O5. The van der Waals surface area contributed by atoms with E-state index >= 15 is 0 Å². The van der Waals surface area contributed by atoms with E-state index in [1.807, 2.05) is 20.8 Å². The van der Waals surface area contributed by atoms with E-state index in [-0.39, 0.29) is 25.7 Å². The molecule has 0 radical (unpaired) electrons. The van der Waals surface area contributed by atoms with Crippen molar-refractivity contribution in [3.8, 4) is 0 Å². The molecule has 5 heteroatoms. The molecular weight excluding hydrogens is 260 g/mol. The summed E-state index contributed by atoms with van der Waals surface area (Å²) in [6.07, 6.45) is 1.45. The Balaban J connectivity index is 5.10. The van der Waals surface area contributed by atoms with Crippen molar-refractivity contribution in [3.05, 3.63) is 0 Å². The Morgan fingerprint density at radius 2 is 1.45 bits per heavy atom. The Bertz CT molecular complexity index is 281. The molecule has 118 valence electrons. The Kier molecular flexibility index (Phi) is 9.21. The molecule has 0 spiro atoms. The van der Waals surface area contributed by atoms with Gasteiger partial charge in [0.25, 0.3) is 0 Å². The van der Waals surface area contributed by atoms with Crippen LogP contribution in [0.25, 0.3) is 0 Å². The summed E-state index contributed by atoms with van der Waals surface area (Å²) in [6, 6.07) is 0. The zero-order chi connectivity index (χ0) is 15.6. The molecule has 0 aliphatic rings. The van der Waals surface area contributed by atoms with Crippen molar-refractivity contribution in [2.24, 2.45) is 5.41 Å². The van der Waals surface area contributed by atoms with Crippen LogP contribution in [0, 0.1) is 5.41 Å². The van der Waals surface area contributed by atoms with Crippen molar-refractivity contribution in [1.29, 1.82) is 0 Å². The average Bonchev–Trinajstić information content (AvgIpc) is 2.37. The number of carbonyl (C=O) groups excluding carboxylic acids is 2. The Hall–Kier alpha value is -1.10. The van der Waals surface area contributed by atoms with Crippen LogP contribution < -0.4 is 0 Å². The lowest BCUT2D eigenvalue weighted by Crippen LogP contribution is -2.43. The molecule has 0 heterocycles. The monoisotopic (exact) mass is 288 g/mol. The van der Waals surface area contributed by atoms with Crippen molar-refractivity contribution >= 4 is 11.9 Å². The normalized spacial score (nSPS) is 11.5. The average molecular weight is 288 g/mol. The quantitative estimate of drug-likeness (QED) is 0.457. The molecule has 0 aromatic heterocycles. The third-order valence-corrected chi connectivity index (χ3v) is 2.99. The fourth-order valence-corrected chi connectivity index (χ4v) is 2.05. The lowest BCUT2D eigenvalue weighted by Gasteiger charge is -2.29. The Morgan fingerprint density at radius 1 is 0.950 bits per heavy atom. The van der Waals surface area contributed by atoms with Crippen LogP contribution in [0.4, 0.5) is 0 Å². The van der Waals surface area contributed by atoms with E-state index in [2.05, 4.69) is 0 Å². The van der Waals surface area contributed by atoms with Crippen LogP contribution in [0.5, 0.6) is 0 Å². The molecule has 0 rings (SSSR count). The van der Waals surface area contributed by atoms with E-state index in [9.17, 15) is 9.59 Å². The van der Waals surface area contributed by atoms with Crippen LogP contribution in [0.1, 0.15) is 53.9 Å². The van der Waals surface area contributed by atoms with Crippen molar-refractivity contribution in [2.45, 2.75) is 60.0 Å². The molecule has 0 bridgehead atoms. The van der Waals surface area contributed by atoms with E-state index < -0.39 is 17.4 Å². The highest BCUT2D eigenvalue weighted by molar-refractivity contribution is 6.00. The first-order chi connectivity index (χ1) is 9.44. The number of rotatable bonds is 10. The van der Waals surface area contributed by atoms with Crippen LogP contribution in [0.3, 0.4) is 0 Å². The van der Waals surface area contributed by atoms with Crippen molar-refractivity contribution in [3.63, 3.8) is 0 Å². The van der Waals surface area contributed by atoms with Gasteiger partial charge in [-0.1, -0.05) is 13.3 Å². The predicted octanol–water partition coefficient (Wildman–Crippen LogP) is 2.71. The number of hydrogen-bond acceptors (Lipinski definition) is 5. The summed E-state index contributed by atoms with van der Waals surface area (Å²) >= 11 is 0. The lowest BCUT2D eigenvalue weighted by molar-refractivity contribution is -0.174. The number of ether oxygens (including phenoxy) is 3. The first kappa shape index (κ1) is 18.9. The second-order valence-electron chi connectivity index (χ2n) is 4.94. The summed E-state index contributed by atoms with van der Waals surface area (Å²) in [6.45, 7) is 10.0. The molecule has 0 N–H and O–H groups in total. The van der Waals surface area contributed by atoms with E-state index in [1.165, 1.54) is 0 Å². The van der Waals surface area contributed by atoms with Gasteiger partial charge in [0.2, 0.25) is 0 Å². The molecule has 5 nitrogen and oxygen atoms in total. The van der Waals surface area contributed by atoms with Gasteiger partial charge in [0.1, 0.15) is 0 Å². The van der Waals surface area contributed by atoms with E-state index in [0.717, 1.165) is 0 Å². The number of carbonyl (C=O) groups is 2. The molecule has 0 saturated carbocycles. The molecule has 0 amide bonds. The van der Waals surface area contributed by atoms with Crippen molar-refractivity contribution < 1.29 is 23.8 Å². The van der Waals surface area contributed by atoms with Crippen molar-refractivity contribution in [1.82, 2.24) is 0 Å². The van der Waals surface area contributed by atoms with Gasteiger partial charge in [0.15, 0.2) is 5.41 Å². The van der Waals surface area contributed by atoms with Crippen LogP contribution in [-0.2, 0) is 23.8 Å². The summed E-state index contributed by atoms with van der Waals surface area (Å²) < 4.78 is 15.7. The molecule has 0 aliphatic carbocycles. The Morgan fingerprint density at radius 3 is 1.80 bits per heavy atom. The highest BCUT2D eigenvalue weighted by atomic mass is 16.6. The highest BCUT2D eigenvalue weighted by Gasteiger charge is 2.47. The third-order valence-electron chi connectivity index (χ3n) is 2.99. The SMILES string of the molecule is CCCC(CCOC(C)C)(C(=O)OCC)C(=O)OCC. The lowest BCUT2D eigenvalue weighted by atomic mass is 9.80. The molecule has 20 heavy (non-hydrogen) atoms. The smallest absolute Gasteiger partial charge is 0.323 e. The molecule has 0 aromatic carbocycles. The maximum atomic E-state index is 12.3. The zero-order valence-corrected chi connectivity index (χ0v) is 13.4. The minimum Gasteiger partial charge on any atom is -0.465 e. The number of hydrogen-bond donors (Lipinski definition) is 0. The maximum Gasteiger partial charge on any atom is 0.323 e. The minimum absolute atomic E-state index is 0.0544. The topological polar surface area (TPSA) is 61.8 Å². The van der Waals surface area contributed by atoms with Crippen LogP contribution in [0.2, 0.25) is 0 Å². The van der Waals surface area contributed by atoms with Crippen LogP contribution in [0.15, 0.2) is 0 Å². The second-order valence-corrected chi connectivity index (χ2v) is 4.94. The standard InChI is InChI=1S/C15H28O5/c1-6-9-15(13(16)18-7-2,14(17)19-8-3)10-11-20-12(4)5/h12H,6-11H2,1-5H3. The number of esters is 2. The van der Waals surface area contributed by atoms with Gasteiger partial charge < -0.3 is 14.2 Å². The van der Waals surface area contributed by atoms with Crippen molar-refractivity contribution in [2.75, 3.05) is 19.8 Å². The fraction of sp³-hybridized carbons (Fsp3) is 0.867. The summed E-state index contributed by atoms with van der Waals surface area (Å²) in [4.78, 5) is 24.5. The summed E-state index contributed by atoms with van der Waals surface area (Å²) in [5.74, 6) is -1.01. The molecule has 0 saturated heterocycles. The fourth-order valence-electron chi connectivity index (χ4n) is 2.05. The second kappa shape index (κ2) is 9.75. The minimum atomic E-state index is -1.24. The van der Waals surface area contributed by atoms with Crippen LogP contribution in [-0.4, -0.2) is 37.9 Å². The van der Waals surface area contributed by atoms with Gasteiger partial charge in [-0.15, -0.1) is 0 Å². The van der Waals surface area contributed by atoms with Gasteiger partial charge in [-0.05, 0) is 40.5 Å². The Labute approximate surface area is 122 Å². The summed E-state index contributed by atoms with van der Waals surface area (Å²) in [5.41, 5.74) is -1.24. The van der Waals surface area contributed by atoms with Gasteiger partial charge in [-0.25, -0.2) is 0 Å². The third kappa shape index (κ3) is 5.49. The maximum absolute atomic E-state index is 12.3. The predicted molar refractivity (Wildman–Crippen MR) is 76.3 cm³/mol. The van der Waals surface area contributed by atoms with Gasteiger partial charge >= 0.3 is 11.9 Å². The van der Waals surface area contributed by atoms with E-state index in [1.54, 1.807) is 13.8 Å². The molecule has 0 aromatic rings. The molecule has 0 aliphatic heterocycles. The van der Waals surface area contributed by atoms with Gasteiger partial charge in [0, 0.05) is 6.61 Å². The van der Waals surface area contributed by atoms with E-state index in [0.29, 0.717) is 19.4 Å². The van der Waals surface area contributed by atoms with Gasteiger partial charge in [-0.3, -0.25) is 9.59 Å². The first-order valence-electron chi connectivity index (χ1n) is 7.40. The molecule has 0 fully saturated rings. The van der Waals surface area contributed by atoms with Crippen LogP contribution >= 0.6 is 0 Å². The largest absolute Gasteiger partial charge is 0.465 e. The van der Waals surface area contributed by atoms with E-state index in [4.69, 9.17) is 14.2 Å². The molecule has 0 unspecified atom stereocenters.